The molecule has 1 N–H and O–H groups in total. The summed E-state index contributed by atoms with van der Waals surface area (Å²) in [6.07, 6.45) is 5.83. The summed E-state index contributed by atoms with van der Waals surface area (Å²) < 4.78 is 10.9. The highest BCUT2D eigenvalue weighted by Crippen LogP contribution is 2.18. The number of aromatic nitrogens is 2. The van der Waals surface area contributed by atoms with Gasteiger partial charge in [-0.2, -0.15) is 4.98 Å². The Morgan fingerprint density at radius 1 is 1.59 bits per heavy atom. The van der Waals surface area contributed by atoms with Gasteiger partial charge >= 0.3 is 0 Å². The van der Waals surface area contributed by atoms with E-state index in [0.717, 1.165) is 25.3 Å². The lowest BCUT2D eigenvalue weighted by molar-refractivity contribution is 0.0995. The van der Waals surface area contributed by atoms with E-state index in [0.29, 0.717) is 12.5 Å². The zero-order valence-corrected chi connectivity index (χ0v) is 10.3. The van der Waals surface area contributed by atoms with Crippen molar-refractivity contribution in [1.82, 2.24) is 9.97 Å². The van der Waals surface area contributed by atoms with E-state index in [-0.39, 0.29) is 12.1 Å². The number of hydrogen-bond donors (Lipinski definition) is 1. The molecule has 0 bridgehead atoms. The van der Waals surface area contributed by atoms with Crippen molar-refractivity contribution in [2.24, 2.45) is 0 Å². The van der Waals surface area contributed by atoms with Crippen LogP contribution in [0, 0.1) is 0 Å². The van der Waals surface area contributed by atoms with E-state index in [4.69, 9.17) is 9.47 Å². The van der Waals surface area contributed by atoms with Crippen molar-refractivity contribution in [2.75, 3.05) is 18.5 Å². The second-order valence-electron chi connectivity index (χ2n) is 4.16. The van der Waals surface area contributed by atoms with Crippen LogP contribution in [0.25, 0.3) is 0 Å². The van der Waals surface area contributed by atoms with Crippen LogP contribution >= 0.6 is 0 Å². The van der Waals surface area contributed by atoms with Gasteiger partial charge in [0.15, 0.2) is 0 Å². The molecule has 2 rings (SSSR count). The molecule has 94 valence electrons. The highest BCUT2D eigenvalue weighted by atomic mass is 16.5. The summed E-state index contributed by atoms with van der Waals surface area (Å²) in [4.78, 5) is 8.41. The van der Waals surface area contributed by atoms with Crippen molar-refractivity contribution in [3.8, 4) is 5.88 Å². The van der Waals surface area contributed by atoms with Gasteiger partial charge in [-0.3, -0.25) is 4.98 Å². The normalized spacial score (nSPS) is 21.2. The third-order valence-electron chi connectivity index (χ3n) is 2.80. The fourth-order valence-corrected chi connectivity index (χ4v) is 1.96. The average Bonchev–Trinajstić information content (AvgIpc) is 2.83. The third kappa shape index (κ3) is 3.30. The molecule has 0 unspecified atom stereocenters. The Morgan fingerprint density at radius 3 is 3.18 bits per heavy atom. The quantitative estimate of drug-likeness (QED) is 0.847. The van der Waals surface area contributed by atoms with E-state index in [1.165, 1.54) is 0 Å². The van der Waals surface area contributed by atoms with Crippen LogP contribution < -0.4 is 10.1 Å². The molecule has 0 aliphatic carbocycles. The molecule has 1 saturated heterocycles. The molecule has 2 heterocycles. The number of nitrogens with zero attached hydrogens (tertiary/aromatic N) is 2. The number of anilines is 1. The van der Waals surface area contributed by atoms with E-state index in [1.807, 2.05) is 6.92 Å². The predicted octanol–water partition coefficient (Wildman–Crippen LogP) is 1.85. The van der Waals surface area contributed by atoms with Crippen molar-refractivity contribution in [1.29, 1.82) is 0 Å². The Kier molecular flexibility index (Phi) is 4.14. The van der Waals surface area contributed by atoms with Crippen molar-refractivity contribution in [3.63, 3.8) is 0 Å². The van der Waals surface area contributed by atoms with Gasteiger partial charge in [0, 0.05) is 6.61 Å². The standard InChI is InChI=1S/C12H19N3O2/c1-3-16-12-8-13-7-11(15-12)14-9(2)10-5-4-6-17-10/h7-10H,3-6H2,1-2H3,(H,14,15)/t9-,10+/m0/s1. The summed E-state index contributed by atoms with van der Waals surface area (Å²) in [5.74, 6) is 1.29. The van der Waals surface area contributed by atoms with Gasteiger partial charge in [-0.05, 0) is 26.7 Å². The highest BCUT2D eigenvalue weighted by molar-refractivity contribution is 5.34. The Bertz CT molecular complexity index is 353. The summed E-state index contributed by atoms with van der Waals surface area (Å²) in [7, 11) is 0. The molecule has 0 amide bonds. The second kappa shape index (κ2) is 5.82. The molecule has 5 nitrogen and oxygen atoms in total. The molecule has 0 saturated carbocycles. The van der Waals surface area contributed by atoms with Crippen molar-refractivity contribution >= 4 is 5.82 Å². The van der Waals surface area contributed by atoms with Crippen LogP contribution in [0.5, 0.6) is 5.88 Å². The van der Waals surface area contributed by atoms with Gasteiger partial charge in [-0.25, -0.2) is 0 Å². The molecule has 0 radical (unpaired) electrons. The van der Waals surface area contributed by atoms with Crippen LogP contribution in [0.2, 0.25) is 0 Å². The zero-order valence-electron chi connectivity index (χ0n) is 10.3. The summed E-state index contributed by atoms with van der Waals surface area (Å²) in [6.45, 7) is 5.49. The van der Waals surface area contributed by atoms with Crippen molar-refractivity contribution in [3.05, 3.63) is 12.4 Å². The molecule has 1 aliphatic rings. The van der Waals surface area contributed by atoms with Gasteiger partial charge in [-0.15, -0.1) is 0 Å². The molecule has 1 aromatic heterocycles. The summed E-state index contributed by atoms with van der Waals surface area (Å²) >= 11 is 0. The van der Waals surface area contributed by atoms with Crippen molar-refractivity contribution < 1.29 is 9.47 Å². The maximum absolute atomic E-state index is 5.62. The molecule has 1 aliphatic heterocycles. The van der Waals surface area contributed by atoms with Gasteiger partial charge in [-0.1, -0.05) is 0 Å². The summed E-state index contributed by atoms with van der Waals surface area (Å²) in [5, 5.41) is 3.30. The minimum atomic E-state index is 0.240. The van der Waals surface area contributed by atoms with Gasteiger partial charge in [0.25, 0.3) is 0 Å². The first kappa shape index (κ1) is 12.1. The maximum atomic E-state index is 5.62. The van der Waals surface area contributed by atoms with E-state index >= 15 is 0 Å². The van der Waals surface area contributed by atoms with E-state index < -0.39 is 0 Å². The number of ether oxygens (including phenoxy) is 2. The molecule has 1 fully saturated rings. The fourth-order valence-electron chi connectivity index (χ4n) is 1.96. The van der Waals surface area contributed by atoms with Crippen LogP contribution in [-0.4, -0.2) is 35.3 Å². The zero-order chi connectivity index (χ0) is 12.1. The SMILES string of the molecule is CCOc1cncc(N[C@@H](C)[C@H]2CCCO2)n1. The Hall–Kier alpha value is -1.36. The second-order valence-corrected chi connectivity index (χ2v) is 4.16. The van der Waals surface area contributed by atoms with Crippen LogP contribution in [0.4, 0.5) is 5.82 Å². The average molecular weight is 237 g/mol. The van der Waals surface area contributed by atoms with Crippen LogP contribution in [0.15, 0.2) is 12.4 Å². The number of nitrogens with one attached hydrogen (secondary N) is 1. The molecule has 1 aromatic rings. The highest BCUT2D eigenvalue weighted by Gasteiger charge is 2.22. The minimum absolute atomic E-state index is 0.240. The fraction of sp³-hybridized carbons (Fsp3) is 0.667. The first-order valence-electron chi connectivity index (χ1n) is 6.12. The van der Waals surface area contributed by atoms with E-state index in [2.05, 4.69) is 22.2 Å². The largest absolute Gasteiger partial charge is 0.477 e. The lowest BCUT2D eigenvalue weighted by atomic mass is 10.1. The lowest BCUT2D eigenvalue weighted by Crippen LogP contribution is -2.30. The molecule has 2 atom stereocenters. The van der Waals surface area contributed by atoms with E-state index in [9.17, 15) is 0 Å². The Labute approximate surface area is 102 Å². The Morgan fingerprint density at radius 2 is 2.47 bits per heavy atom. The topological polar surface area (TPSA) is 56.3 Å². The monoisotopic (exact) mass is 237 g/mol. The summed E-state index contributed by atoms with van der Waals surface area (Å²) in [6, 6.07) is 0.240. The van der Waals surface area contributed by atoms with Gasteiger partial charge < -0.3 is 14.8 Å². The number of hydrogen-bond acceptors (Lipinski definition) is 5. The number of rotatable bonds is 5. The first-order chi connectivity index (χ1) is 8.29. The van der Waals surface area contributed by atoms with Gasteiger partial charge in [0.05, 0.1) is 31.1 Å². The minimum Gasteiger partial charge on any atom is -0.477 e. The Balaban J connectivity index is 1.94. The van der Waals surface area contributed by atoms with Crippen LogP contribution in [-0.2, 0) is 4.74 Å². The smallest absolute Gasteiger partial charge is 0.234 e. The van der Waals surface area contributed by atoms with Crippen molar-refractivity contribution in [2.45, 2.75) is 38.8 Å². The molecule has 0 aromatic carbocycles. The maximum Gasteiger partial charge on any atom is 0.234 e. The van der Waals surface area contributed by atoms with Crippen LogP contribution in [0.1, 0.15) is 26.7 Å². The summed E-state index contributed by atoms with van der Waals surface area (Å²) in [5.41, 5.74) is 0. The lowest BCUT2D eigenvalue weighted by Gasteiger charge is -2.20. The first-order valence-corrected chi connectivity index (χ1v) is 6.12. The van der Waals surface area contributed by atoms with Gasteiger partial charge in [0.2, 0.25) is 5.88 Å². The third-order valence-corrected chi connectivity index (χ3v) is 2.80. The molecular formula is C12H19N3O2. The van der Waals surface area contributed by atoms with Crippen LogP contribution in [0.3, 0.4) is 0 Å². The van der Waals surface area contributed by atoms with E-state index in [1.54, 1.807) is 12.4 Å². The molecule has 17 heavy (non-hydrogen) atoms. The molecule has 0 spiro atoms. The molecule has 5 heteroatoms. The predicted molar refractivity (Wildman–Crippen MR) is 65.3 cm³/mol. The molecular weight excluding hydrogens is 218 g/mol. The van der Waals surface area contributed by atoms with Gasteiger partial charge in [0.1, 0.15) is 5.82 Å².